The van der Waals surface area contributed by atoms with Gasteiger partial charge in [-0.3, -0.25) is 0 Å². The van der Waals surface area contributed by atoms with Crippen LogP contribution in [-0.4, -0.2) is 317 Å². The van der Waals surface area contributed by atoms with E-state index in [1.165, 1.54) is 0 Å². The number of hydrogen-bond acceptors (Lipinski definition) is 0. The number of hydrogen-bond donors (Lipinski definition) is 0. The van der Waals surface area contributed by atoms with Crippen LogP contribution in [0.15, 0.2) is 0 Å². The zero-order valence-electron chi connectivity index (χ0n) is 9.46. The van der Waals surface area contributed by atoms with Gasteiger partial charge in [-0.1, -0.05) is 0 Å². The van der Waals surface area contributed by atoms with Crippen LogP contribution in [-0.2, 0) is 0 Å². The van der Waals surface area contributed by atoms with E-state index in [0.29, 0.717) is 0 Å². The van der Waals surface area contributed by atoms with Crippen LogP contribution in [0.1, 0.15) is 0 Å². The van der Waals surface area contributed by atoms with Crippen molar-refractivity contribution in [3.05, 3.63) is 0 Å². The Kier molecular flexibility index (Phi) is 2160. The number of rotatable bonds is 0. The van der Waals surface area contributed by atoms with Gasteiger partial charge in [-0.2, -0.15) is 0 Å². The van der Waals surface area contributed by atoms with Crippen molar-refractivity contribution in [1.82, 2.24) is 0 Å². The first kappa shape index (κ1) is 208. The van der Waals surface area contributed by atoms with E-state index in [1.54, 1.807) is 0 Å². The normalized spacial score (nSPS) is 0. The van der Waals surface area contributed by atoms with E-state index >= 15 is 0 Å². The minimum absolute atomic E-state index is 0. The van der Waals surface area contributed by atoms with Gasteiger partial charge in [0.25, 0.3) is 0 Å². The predicted molar refractivity (Wildman–Crippen MR) is 112 cm³/mol. The SMILES string of the molecule is [GeH].[GeH].[GeH].[GeH].[GeH].[GeH].[Ge].[Ge].[Ge].[Ge].[Ge].[Ge].[Ge].[Ge].[Ge].[Ge].[Ge].[Ge]. The largest absolute Gasteiger partial charge is 0 e. The first-order valence-corrected chi connectivity index (χ1v) is 0. The first-order chi connectivity index (χ1) is 0. The van der Waals surface area contributed by atoms with Crippen molar-refractivity contribution in [1.29, 1.82) is 0 Å². The fourth-order valence-corrected chi connectivity index (χ4v) is 0. The quantitative estimate of drug-likeness (QED) is 0.212. The van der Waals surface area contributed by atoms with E-state index in [9.17, 15) is 0 Å². The van der Waals surface area contributed by atoms with Gasteiger partial charge < -0.3 is 0 Å². The Morgan fingerprint density at radius 3 is 0.111 bits per heavy atom. The van der Waals surface area contributed by atoms with Gasteiger partial charge in [0.2, 0.25) is 0 Å². The van der Waals surface area contributed by atoms with Crippen molar-refractivity contribution in [2.45, 2.75) is 0 Å². The molecule has 0 aromatic rings. The molecule has 0 aromatic heterocycles. The summed E-state index contributed by atoms with van der Waals surface area (Å²) in [6.45, 7) is 0. The van der Waals surface area contributed by atoms with Crippen molar-refractivity contribution in [3.8, 4) is 0 Å². The Morgan fingerprint density at radius 2 is 0.111 bits per heavy atom. The van der Waals surface area contributed by atoms with Crippen LogP contribution in [0.3, 0.4) is 0 Å². The van der Waals surface area contributed by atoms with Crippen LogP contribution in [0.2, 0.25) is 0 Å². The second-order valence-electron chi connectivity index (χ2n) is 0. The molecule has 0 N–H and O–H groups in total. The van der Waals surface area contributed by atoms with Crippen LogP contribution in [0.5, 0.6) is 0 Å². The fraction of sp³-hybridized carbons (Fsp3) is 0. The first-order valence-electron chi connectivity index (χ1n) is 0. The molecule has 0 heterocycles. The minimum atomic E-state index is 0. The molecule has 0 unspecified atom stereocenters. The average molecular weight is 1310 g/mol. The van der Waals surface area contributed by atoms with Crippen LogP contribution in [0, 0.1) is 0 Å². The zero-order valence-corrected chi connectivity index (χ0v) is 49.2. The molecule has 0 aliphatic heterocycles. The predicted octanol–water partition coefficient (Wildman–Crippen LogP) is -8.46. The fourth-order valence-electron chi connectivity index (χ4n) is 0. The van der Waals surface area contributed by atoms with Gasteiger partial charge in [-0.05, 0) is 0 Å². The Hall–Kier alpha value is 9.77. The molecule has 0 saturated carbocycles. The van der Waals surface area contributed by atoms with Crippen LogP contribution in [0.25, 0.3) is 0 Å². The molecule has 0 saturated heterocycles. The van der Waals surface area contributed by atoms with Crippen molar-refractivity contribution < 1.29 is 0 Å². The molecule has 78 valence electrons. The van der Waals surface area contributed by atoms with Crippen LogP contribution >= 0.6 is 0 Å². The van der Waals surface area contributed by atoms with Gasteiger partial charge in [-0.25, -0.2) is 0 Å². The molecular weight excluding hydrogens is 1310 g/mol. The summed E-state index contributed by atoms with van der Waals surface area (Å²) in [6, 6.07) is 0. The molecule has 18 heavy (non-hydrogen) atoms. The smallest absolute Gasteiger partial charge is 0 e. The molecule has 18 heteroatoms. The van der Waals surface area contributed by atoms with Crippen molar-refractivity contribution in [2.24, 2.45) is 0 Å². The maximum absolute atomic E-state index is 0. The molecule has 0 aliphatic rings. The Labute approximate surface area is 309 Å². The molecule has 0 bridgehead atoms. The molecule has 0 aromatic carbocycles. The summed E-state index contributed by atoms with van der Waals surface area (Å²) >= 11 is 0. The summed E-state index contributed by atoms with van der Waals surface area (Å²) < 4.78 is 0. The molecule has 0 nitrogen and oxygen atoms in total. The summed E-state index contributed by atoms with van der Waals surface area (Å²) in [4.78, 5) is 0. The molecule has 0 amide bonds. The maximum atomic E-state index is 0. The third kappa shape index (κ3) is 166. The minimum Gasteiger partial charge on any atom is 0 e. The average Bonchev–Trinajstić information content (AvgIpc) is 0. The summed E-state index contributed by atoms with van der Waals surface area (Å²) in [7, 11) is 0. The third-order valence-corrected chi connectivity index (χ3v) is 0. The molecule has 0 rings (SSSR count). The van der Waals surface area contributed by atoms with E-state index in [4.69, 9.17) is 0 Å². The summed E-state index contributed by atoms with van der Waals surface area (Å²) in [5.74, 6) is 0. The molecule has 0 spiro atoms. The topological polar surface area (TPSA) is 0 Å². The van der Waals surface area contributed by atoms with Crippen LogP contribution < -0.4 is 0 Å². The van der Waals surface area contributed by atoms with Gasteiger partial charge in [0, 0.05) is 211 Å². The van der Waals surface area contributed by atoms with E-state index in [-0.39, 0.29) is 317 Å². The van der Waals surface area contributed by atoms with E-state index in [0.717, 1.165) is 0 Å². The Bertz CT molecular complexity index is 0. The zero-order chi connectivity index (χ0) is 0. The van der Waals surface area contributed by atoms with E-state index in [1.807, 2.05) is 0 Å². The molecule has 66 radical (unpaired) electrons. The van der Waals surface area contributed by atoms with Crippen molar-refractivity contribution in [3.63, 3.8) is 0 Å². The third-order valence-electron chi connectivity index (χ3n) is 0. The standard InChI is InChI=1S/6GeH.12Ge/h6*1H;;;;;;;;;;;;. The maximum Gasteiger partial charge on any atom is 0 e. The van der Waals surface area contributed by atoms with Gasteiger partial charge in [0.05, 0.1) is 0 Å². The van der Waals surface area contributed by atoms with Gasteiger partial charge in [0.1, 0.15) is 0 Å². The summed E-state index contributed by atoms with van der Waals surface area (Å²) in [5, 5.41) is 0. The molecule has 0 aliphatic carbocycles. The second kappa shape index (κ2) is 186. The monoisotopic (exact) mass is 1340 g/mol. The molecule has 0 atom stereocenters. The van der Waals surface area contributed by atoms with Gasteiger partial charge in [-0.15, -0.1) is 0 Å². The van der Waals surface area contributed by atoms with Gasteiger partial charge >= 0.3 is 106 Å². The summed E-state index contributed by atoms with van der Waals surface area (Å²) in [5.41, 5.74) is 0. The van der Waals surface area contributed by atoms with Crippen molar-refractivity contribution >= 4 is 317 Å². The van der Waals surface area contributed by atoms with Crippen molar-refractivity contribution in [2.75, 3.05) is 0 Å². The van der Waals surface area contributed by atoms with Crippen LogP contribution in [0.4, 0.5) is 0 Å². The van der Waals surface area contributed by atoms with E-state index in [2.05, 4.69) is 0 Å². The Balaban J connectivity index is 0. The second-order valence-corrected chi connectivity index (χ2v) is 0. The van der Waals surface area contributed by atoms with E-state index < -0.39 is 0 Å². The summed E-state index contributed by atoms with van der Waals surface area (Å²) in [6.07, 6.45) is 0. The Morgan fingerprint density at radius 1 is 0.111 bits per heavy atom. The molecular formula is H6Ge18. The van der Waals surface area contributed by atoms with Gasteiger partial charge in [0.15, 0.2) is 0 Å². The molecule has 0 fully saturated rings.